The third-order valence-corrected chi connectivity index (χ3v) is 2.65. The summed E-state index contributed by atoms with van der Waals surface area (Å²) in [6, 6.07) is 7.98. The Morgan fingerprint density at radius 2 is 1.86 bits per heavy atom. The van der Waals surface area contributed by atoms with Crippen LogP contribution >= 0.6 is 0 Å². The number of hydrogen-bond donors (Lipinski definition) is 2. The van der Waals surface area contributed by atoms with Crippen molar-refractivity contribution in [3.8, 4) is 5.75 Å². The molecule has 0 fully saturated rings. The zero-order valence-electron chi connectivity index (χ0n) is 12.9. The van der Waals surface area contributed by atoms with Gasteiger partial charge in [-0.3, -0.25) is 0 Å². The van der Waals surface area contributed by atoms with Crippen molar-refractivity contribution >= 4 is 11.7 Å². The molecule has 1 heterocycles. The number of hydrogen-bond acceptors (Lipinski definition) is 6. The van der Waals surface area contributed by atoms with Gasteiger partial charge in [-0.05, 0) is 52.0 Å². The van der Waals surface area contributed by atoms with Crippen molar-refractivity contribution in [2.75, 3.05) is 11.9 Å². The molecule has 21 heavy (non-hydrogen) atoms. The highest BCUT2D eigenvalue weighted by Crippen LogP contribution is 2.19. The molecule has 0 radical (unpaired) electrons. The molecule has 0 aliphatic heterocycles. The van der Waals surface area contributed by atoms with E-state index in [1.165, 1.54) is 0 Å². The number of nitrogens with zero attached hydrogens (tertiary/aromatic N) is 2. The highest BCUT2D eigenvalue weighted by atomic mass is 16.5. The quantitative estimate of drug-likeness (QED) is 0.851. The van der Waals surface area contributed by atoms with Gasteiger partial charge in [0.2, 0.25) is 5.89 Å². The molecule has 2 rings (SSSR count). The van der Waals surface area contributed by atoms with Crippen LogP contribution in [0.1, 0.15) is 33.6 Å². The standard InChI is InChI=1S/C15H22N4O2/c1-5-20-12-8-6-11(7-9-12)17-14-19-18-13(21-14)10-16-15(2,3)4/h6-9,16H,5,10H2,1-4H3,(H,17,19). The van der Waals surface area contributed by atoms with Gasteiger partial charge in [-0.1, -0.05) is 5.10 Å². The van der Waals surface area contributed by atoms with Crippen LogP contribution in [0.15, 0.2) is 28.7 Å². The number of ether oxygens (including phenoxy) is 1. The molecule has 0 spiro atoms. The van der Waals surface area contributed by atoms with E-state index in [1.54, 1.807) is 0 Å². The predicted octanol–water partition coefficient (Wildman–Crippen LogP) is 3.10. The molecule has 0 bridgehead atoms. The summed E-state index contributed by atoms with van der Waals surface area (Å²) in [5.74, 6) is 1.39. The lowest BCUT2D eigenvalue weighted by molar-refractivity contribution is 0.340. The van der Waals surface area contributed by atoms with E-state index in [0.717, 1.165) is 11.4 Å². The topological polar surface area (TPSA) is 72.2 Å². The first kappa shape index (κ1) is 15.3. The first-order valence-corrected chi connectivity index (χ1v) is 7.03. The van der Waals surface area contributed by atoms with Gasteiger partial charge in [-0.2, -0.15) is 0 Å². The van der Waals surface area contributed by atoms with Gasteiger partial charge in [0.05, 0.1) is 13.2 Å². The summed E-state index contributed by atoms with van der Waals surface area (Å²) >= 11 is 0. The molecule has 6 nitrogen and oxygen atoms in total. The van der Waals surface area contributed by atoms with Gasteiger partial charge in [-0.15, -0.1) is 5.10 Å². The normalized spacial score (nSPS) is 11.4. The maximum atomic E-state index is 5.53. The fourth-order valence-corrected chi connectivity index (χ4v) is 1.64. The number of aromatic nitrogens is 2. The molecule has 2 aromatic rings. The molecule has 6 heteroatoms. The third kappa shape index (κ3) is 5.07. The highest BCUT2D eigenvalue weighted by Gasteiger charge is 2.12. The summed E-state index contributed by atoms with van der Waals surface area (Å²) in [4.78, 5) is 0. The van der Waals surface area contributed by atoms with Gasteiger partial charge in [-0.25, -0.2) is 0 Å². The Labute approximate surface area is 124 Å². The lowest BCUT2D eigenvalue weighted by atomic mass is 10.1. The van der Waals surface area contributed by atoms with Crippen molar-refractivity contribution in [2.45, 2.75) is 39.8 Å². The number of nitrogens with one attached hydrogen (secondary N) is 2. The summed E-state index contributed by atoms with van der Waals surface area (Å²) in [5.41, 5.74) is 0.884. The molecule has 1 aromatic carbocycles. The van der Waals surface area contributed by atoms with E-state index in [2.05, 4.69) is 41.6 Å². The smallest absolute Gasteiger partial charge is 0.320 e. The molecule has 0 aliphatic rings. The summed E-state index contributed by atoms with van der Waals surface area (Å²) in [6.45, 7) is 9.41. The molecule has 114 valence electrons. The van der Waals surface area contributed by atoms with Crippen LogP contribution in [0.25, 0.3) is 0 Å². The first-order valence-electron chi connectivity index (χ1n) is 7.03. The molecule has 0 unspecified atom stereocenters. The Kier molecular flexibility index (Phi) is 4.80. The average molecular weight is 290 g/mol. The maximum absolute atomic E-state index is 5.53. The van der Waals surface area contributed by atoms with E-state index in [1.807, 2.05) is 31.2 Å². The molecule has 0 amide bonds. The zero-order chi connectivity index (χ0) is 15.3. The van der Waals surface area contributed by atoms with E-state index < -0.39 is 0 Å². The van der Waals surface area contributed by atoms with Gasteiger partial charge in [0, 0.05) is 11.2 Å². The molecule has 2 N–H and O–H groups in total. The second-order valence-corrected chi connectivity index (χ2v) is 5.69. The van der Waals surface area contributed by atoms with Crippen molar-refractivity contribution in [2.24, 2.45) is 0 Å². The molecule has 0 aliphatic carbocycles. The Hall–Kier alpha value is -2.08. The third-order valence-electron chi connectivity index (χ3n) is 2.65. The van der Waals surface area contributed by atoms with Crippen LogP contribution in [-0.4, -0.2) is 22.3 Å². The predicted molar refractivity (Wildman–Crippen MR) is 81.8 cm³/mol. The van der Waals surface area contributed by atoms with E-state index in [9.17, 15) is 0 Å². The van der Waals surface area contributed by atoms with Crippen LogP contribution in [0.3, 0.4) is 0 Å². The van der Waals surface area contributed by atoms with E-state index in [0.29, 0.717) is 25.1 Å². The van der Waals surface area contributed by atoms with Crippen LogP contribution in [0.4, 0.5) is 11.7 Å². The first-order chi connectivity index (χ1) is 9.96. The molecule has 1 aromatic heterocycles. The van der Waals surface area contributed by atoms with Gasteiger partial charge in [0.15, 0.2) is 0 Å². The van der Waals surface area contributed by atoms with E-state index in [4.69, 9.17) is 9.15 Å². The van der Waals surface area contributed by atoms with Gasteiger partial charge in [0.25, 0.3) is 0 Å². The monoisotopic (exact) mass is 290 g/mol. The van der Waals surface area contributed by atoms with Crippen molar-refractivity contribution in [3.63, 3.8) is 0 Å². The Balaban J connectivity index is 1.92. The summed E-state index contributed by atoms with van der Waals surface area (Å²) < 4.78 is 10.9. The Bertz CT molecular complexity index is 558. The maximum Gasteiger partial charge on any atom is 0.320 e. The molecular weight excluding hydrogens is 268 g/mol. The molecule has 0 saturated carbocycles. The zero-order valence-corrected chi connectivity index (χ0v) is 12.9. The van der Waals surface area contributed by atoms with E-state index >= 15 is 0 Å². The number of rotatable bonds is 6. The summed E-state index contributed by atoms with van der Waals surface area (Å²) in [7, 11) is 0. The van der Waals surface area contributed by atoms with Crippen molar-refractivity contribution in [3.05, 3.63) is 30.2 Å². The van der Waals surface area contributed by atoms with Crippen LogP contribution < -0.4 is 15.4 Å². The van der Waals surface area contributed by atoms with Gasteiger partial charge in [0.1, 0.15) is 5.75 Å². The molecular formula is C15H22N4O2. The van der Waals surface area contributed by atoms with Gasteiger partial charge < -0.3 is 19.8 Å². The SMILES string of the molecule is CCOc1ccc(Nc2nnc(CNC(C)(C)C)o2)cc1. The minimum absolute atomic E-state index is 0.0111. The van der Waals surface area contributed by atoms with Crippen LogP contribution in [-0.2, 0) is 6.54 Å². The highest BCUT2D eigenvalue weighted by molar-refractivity contribution is 5.53. The largest absolute Gasteiger partial charge is 0.494 e. The van der Waals surface area contributed by atoms with Crippen LogP contribution in [0.5, 0.6) is 5.75 Å². The Morgan fingerprint density at radius 3 is 2.48 bits per heavy atom. The van der Waals surface area contributed by atoms with Crippen LogP contribution in [0.2, 0.25) is 0 Å². The van der Waals surface area contributed by atoms with Crippen molar-refractivity contribution in [1.82, 2.24) is 15.5 Å². The minimum atomic E-state index is 0.0111. The summed E-state index contributed by atoms with van der Waals surface area (Å²) in [5, 5.41) is 14.3. The molecule has 0 atom stereocenters. The molecule has 0 saturated heterocycles. The fourth-order valence-electron chi connectivity index (χ4n) is 1.64. The second kappa shape index (κ2) is 6.58. The fraction of sp³-hybridized carbons (Fsp3) is 0.467. The Morgan fingerprint density at radius 1 is 1.14 bits per heavy atom. The number of benzene rings is 1. The van der Waals surface area contributed by atoms with Crippen molar-refractivity contribution < 1.29 is 9.15 Å². The second-order valence-electron chi connectivity index (χ2n) is 5.69. The van der Waals surface area contributed by atoms with Gasteiger partial charge >= 0.3 is 6.01 Å². The lowest BCUT2D eigenvalue weighted by Gasteiger charge is -2.18. The van der Waals surface area contributed by atoms with Crippen LogP contribution in [0, 0.1) is 0 Å². The van der Waals surface area contributed by atoms with Crippen molar-refractivity contribution in [1.29, 1.82) is 0 Å². The number of anilines is 2. The summed E-state index contributed by atoms with van der Waals surface area (Å²) in [6.07, 6.45) is 0. The lowest BCUT2D eigenvalue weighted by Crippen LogP contribution is -2.35. The average Bonchev–Trinajstić information content (AvgIpc) is 2.86. The minimum Gasteiger partial charge on any atom is -0.494 e. The van der Waals surface area contributed by atoms with E-state index in [-0.39, 0.29) is 5.54 Å².